The summed E-state index contributed by atoms with van der Waals surface area (Å²) in [6.45, 7) is 7.71. The van der Waals surface area contributed by atoms with Crippen molar-refractivity contribution in [1.29, 1.82) is 0 Å². The van der Waals surface area contributed by atoms with Crippen LogP contribution in [0, 0.1) is 13.8 Å². The second-order valence-corrected chi connectivity index (χ2v) is 8.92. The van der Waals surface area contributed by atoms with Crippen LogP contribution >= 0.6 is 0 Å². The van der Waals surface area contributed by atoms with E-state index in [1.807, 2.05) is 32.5 Å². The first-order chi connectivity index (χ1) is 12.6. The van der Waals surface area contributed by atoms with E-state index in [0.717, 1.165) is 28.2 Å². The van der Waals surface area contributed by atoms with Crippen LogP contribution in [-0.4, -0.2) is 36.7 Å². The minimum absolute atomic E-state index is 0.0304. The molecular formula is C19H26N4O3S. The molecule has 1 aromatic carbocycles. The van der Waals surface area contributed by atoms with Gasteiger partial charge >= 0.3 is 0 Å². The van der Waals surface area contributed by atoms with Gasteiger partial charge in [0.1, 0.15) is 0 Å². The van der Waals surface area contributed by atoms with Gasteiger partial charge < -0.3 is 4.90 Å². The van der Waals surface area contributed by atoms with Crippen molar-refractivity contribution in [2.75, 3.05) is 11.4 Å². The molecule has 1 amide bonds. The van der Waals surface area contributed by atoms with Gasteiger partial charge in [0, 0.05) is 37.9 Å². The van der Waals surface area contributed by atoms with Gasteiger partial charge in [-0.25, -0.2) is 13.1 Å². The molecule has 8 heteroatoms. The van der Waals surface area contributed by atoms with Gasteiger partial charge in [0.05, 0.1) is 10.6 Å². The molecule has 1 aliphatic heterocycles. The number of anilines is 1. The molecule has 27 heavy (non-hydrogen) atoms. The quantitative estimate of drug-likeness (QED) is 0.844. The van der Waals surface area contributed by atoms with Gasteiger partial charge in [-0.05, 0) is 62.9 Å². The van der Waals surface area contributed by atoms with Gasteiger partial charge in [-0.15, -0.1) is 0 Å². The van der Waals surface area contributed by atoms with E-state index in [1.165, 1.54) is 6.92 Å². The predicted molar refractivity (Wildman–Crippen MR) is 104 cm³/mol. The van der Waals surface area contributed by atoms with Crippen LogP contribution in [0.1, 0.15) is 36.4 Å². The molecule has 2 aromatic rings. The van der Waals surface area contributed by atoms with Crippen molar-refractivity contribution in [2.45, 2.75) is 51.5 Å². The first-order valence-corrected chi connectivity index (χ1v) is 10.5. The van der Waals surface area contributed by atoms with Gasteiger partial charge in [0.25, 0.3) is 0 Å². The monoisotopic (exact) mass is 390 g/mol. The largest absolute Gasteiger partial charge is 0.309 e. The van der Waals surface area contributed by atoms with E-state index < -0.39 is 10.0 Å². The summed E-state index contributed by atoms with van der Waals surface area (Å²) in [6, 6.07) is 5.01. The summed E-state index contributed by atoms with van der Waals surface area (Å²) in [5.41, 5.74) is 4.72. The van der Waals surface area contributed by atoms with E-state index in [4.69, 9.17) is 0 Å². The normalized spacial score (nSPS) is 16.6. The van der Waals surface area contributed by atoms with Gasteiger partial charge in [0.2, 0.25) is 15.9 Å². The Morgan fingerprint density at radius 1 is 1.33 bits per heavy atom. The van der Waals surface area contributed by atoms with E-state index in [9.17, 15) is 13.2 Å². The lowest BCUT2D eigenvalue weighted by atomic mass is 10.1. The zero-order valence-electron chi connectivity index (χ0n) is 16.4. The second-order valence-electron chi connectivity index (χ2n) is 7.15. The molecule has 2 heterocycles. The summed E-state index contributed by atoms with van der Waals surface area (Å²) >= 11 is 0. The zero-order chi connectivity index (χ0) is 19.9. The maximum absolute atomic E-state index is 12.7. The number of benzene rings is 1. The number of sulfonamides is 1. The Balaban J connectivity index is 1.74. The van der Waals surface area contributed by atoms with Crippen LogP contribution in [0.15, 0.2) is 23.1 Å². The minimum atomic E-state index is -3.61. The van der Waals surface area contributed by atoms with Crippen LogP contribution in [0.4, 0.5) is 5.69 Å². The number of hydrogen-bond acceptors (Lipinski definition) is 4. The van der Waals surface area contributed by atoms with Crippen LogP contribution in [0.2, 0.25) is 0 Å². The van der Waals surface area contributed by atoms with E-state index in [2.05, 4.69) is 9.82 Å². The molecule has 0 unspecified atom stereocenters. The summed E-state index contributed by atoms with van der Waals surface area (Å²) in [7, 11) is -1.73. The highest BCUT2D eigenvalue weighted by molar-refractivity contribution is 7.89. The molecule has 7 nitrogen and oxygen atoms in total. The Morgan fingerprint density at radius 2 is 2.04 bits per heavy atom. The number of carbonyl (C=O) groups excluding carboxylic acids is 1. The lowest BCUT2D eigenvalue weighted by Gasteiger charge is -2.20. The lowest BCUT2D eigenvalue weighted by Crippen LogP contribution is -2.33. The number of nitrogens with zero attached hydrogens (tertiary/aromatic N) is 3. The molecule has 1 N–H and O–H groups in total. The maximum Gasteiger partial charge on any atom is 0.240 e. The molecule has 1 aromatic heterocycles. The molecule has 0 aliphatic carbocycles. The highest BCUT2D eigenvalue weighted by atomic mass is 32.2. The van der Waals surface area contributed by atoms with Crippen LogP contribution in [0.5, 0.6) is 0 Å². The summed E-state index contributed by atoms with van der Waals surface area (Å²) in [4.78, 5) is 13.8. The minimum Gasteiger partial charge on any atom is -0.309 e. The zero-order valence-corrected chi connectivity index (χ0v) is 17.2. The number of rotatable bonds is 5. The summed E-state index contributed by atoms with van der Waals surface area (Å²) < 4.78 is 29.8. The van der Waals surface area contributed by atoms with Crippen molar-refractivity contribution in [3.63, 3.8) is 0 Å². The first kappa shape index (κ1) is 19.6. The van der Waals surface area contributed by atoms with Crippen LogP contribution in [-0.2, 0) is 34.7 Å². The van der Waals surface area contributed by atoms with Crippen LogP contribution in [0.25, 0.3) is 0 Å². The average molecular weight is 391 g/mol. The van der Waals surface area contributed by atoms with Crippen LogP contribution < -0.4 is 9.62 Å². The van der Waals surface area contributed by atoms with Crippen molar-refractivity contribution < 1.29 is 13.2 Å². The highest BCUT2D eigenvalue weighted by Gasteiger charge is 2.30. The van der Waals surface area contributed by atoms with Gasteiger partial charge in [-0.2, -0.15) is 5.10 Å². The molecule has 0 fully saturated rings. The Kier molecular flexibility index (Phi) is 5.14. The second kappa shape index (κ2) is 7.09. The Bertz CT molecular complexity index is 995. The molecule has 1 atom stereocenters. The SMILES string of the molecule is CC(=O)N1c2ccc(S(=O)(=O)NCCc3c(C)nn(C)c3C)cc2C[C@H]1C. The molecule has 0 bridgehead atoms. The fraction of sp³-hybridized carbons (Fsp3) is 0.474. The van der Waals surface area contributed by atoms with E-state index in [0.29, 0.717) is 19.4 Å². The Labute approximate surface area is 160 Å². The van der Waals surface area contributed by atoms with E-state index >= 15 is 0 Å². The fourth-order valence-corrected chi connectivity index (χ4v) is 4.91. The molecule has 0 saturated carbocycles. The van der Waals surface area contributed by atoms with Crippen molar-refractivity contribution in [3.8, 4) is 0 Å². The third-order valence-corrected chi connectivity index (χ3v) is 6.70. The third kappa shape index (κ3) is 3.64. The molecular weight excluding hydrogens is 364 g/mol. The lowest BCUT2D eigenvalue weighted by molar-refractivity contribution is -0.116. The number of nitrogens with one attached hydrogen (secondary N) is 1. The third-order valence-electron chi connectivity index (χ3n) is 5.24. The van der Waals surface area contributed by atoms with Gasteiger partial charge in [0.15, 0.2) is 0 Å². The smallest absolute Gasteiger partial charge is 0.240 e. The first-order valence-electron chi connectivity index (χ1n) is 9.03. The van der Waals surface area contributed by atoms with Crippen molar-refractivity contribution in [3.05, 3.63) is 40.7 Å². The summed E-state index contributed by atoms with van der Waals surface area (Å²) in [5, 5.41) is 4.36. The summed E-state index contributed by atoms with van der Waals surface area (Å²) in [5.74, 6) is -0.0304. The highest BCUT2D eigenvalue weighted by Crippen LogP contribution is 2.33. The topological polar surface area (TPSA) is 84.3 Å². The maximum atomic E-state index is 12.7. The molecule has 3 rings (SSSR count). The molecule has 0 radical (unpaired) electrons. The summed E-state index contributed by atoms with van der Waals surface area (Å²) in [6.07, 6.45) is 1.25. The number of carbonyl (C=O) groups is 1. The number of fused-ring (bicyclic) bond motifs is 1. The van der Waals surface area contributed by atoms with Crippen molar-refractivity contribution in [2.24, 2.45) is 7.05 Å². The number of aromatic nitrogens is 2. The number of aryl methyl sites for hydroxylation is 2. The van der Waals surface area contributed by atoms with Crippen molar-refractivity contribution >= 4 is 21.6 Å². The Hall–Kier alpha value is -2.19. The molecule has 146 valence electrons. The van der Waals surface area contributed by atoms with E-state index in [1.54, 1.807) is 23.1 Å². The Morgan fingerprint density at radius 3 is 2.63 bits per heavy atom. The average Bonchev–Trinajstić information content (AvgIpc) is 3.03. The molecule has 0 saturated heterocycles. The standard InChI is InChI=1S/C19H26N4O3S/c1-12-10-16-11-17(6-7-19(16)23(12)15(4)24)27(25,26)20-9-8-18-13(2)21-22(5)14(18)3/h6-7,11-12,20H,8-10H2,1-5H3/t12-/m1/s1. The van der Waals surface area contributed by atoms with Gasteiger partial charge in [-0.1, -0.05) is 0 Å². The molecule has 1 aliphatic rings. The number of hydrogen-bond donors (Lipinski definition) is 1. The number of amides is 1. The fourth-order valence-electron chi connectivity index (χ4n) is 3.83. The predicted octanol–water partition coefficient (Wildman–Crippen LogP) is 1.86. The molecule has 0 spiro atoms. The van der Waals surface area contributed by atoms with Crippen molar-refractivity contribution in [1.82, 2.24) is 14.5 Å². The van der Waals surface area contributed by atoms with Gasteiger partial charge in [-0.3, -0.25) is 9.48 Å². The van der Waals surface area contributed by atoms with E-state index in [-0.39, 0.29) is 16.8 Å². The van der Waals surface area contributed by atoms with Crippen LogP contribution in [0.3, 0.4) is 0 Å².